The number of nitrogens with zero attached hydrogens (tertiary/aromatic N) is 4. The molecule has 1 amide bonds. The van der Waals surface area contributed by atoms with Crippen LogP contribution in [0.4, 0.5) is 14.6 Å². The summed E-state index contributed by atoms with van der Waals surface area (Å²) in [7, 11) is 0. The number of anilines is 1. The van der Waals surface area contributed by atoms with Crippen LogP contribution >= 0.6 is 15.9 Å². The number of nitrogens with one attached hydrogen (secondary N) is 1. The number of benzene rings is 1. The highest BCUT2D eigenvalue weighted by molar-refractivity contribution is 9.10. The van der Waals surface area contributed by atoms with Gasteiger partial charge in [0.15, 0.2) is 0 Å². The van der Waals surface area contributed by atoms with Gasteiger partial charge in [0.05, 0.1) is 16.1 Å². The number of ether oxygens (including phenoxy) is 1. The SMILES string of the molecule is C[C@@H]1C[C@H](F)c2ncnc(N3CCN(C(=O)C(CNC4CCOCC4)c4ccc(Br)c(F)c4)CC3)c21. The van der Waals surface area contributed by atoms with Crippen LogP contribution in [0.3, 0.4) is 0 Å². The van der Waals surface area contributed by atoms with Crippen molar-refractivity contribution in [2.75, 3.05) is 50.8 Å². The molecule has 2 fully saturated rings. The van der Waals surface area contributed by atoms with Crippen LogP contribution in [0.1, 0.15) is 61.0 Å². The van der Waals surface area contributed by atoms with Gasteiger partial charge in [-0.15, -0.1) is 0 Å². The standard InChI is InChI=1S/C26H32BrF2N5O2/c1-16-12-22(29)24-23(16)25(32-15-31-24)33-6-8-34(9-7-33)26(35)19(14-30-18-4-10-36-11-5-18)17-2-3-20(27)21(28)13-17/h2-3,13,15-16,18-19,22,30H,4-12,14H2,1H3/t16-,19?,22+/m1/s1. The number of amides is 1. The first-order valence-corrected chi connectivity index (χ1v) is 13.5. The minimum atomic E-state index is -1.05. The molecule has 1 unspecified atom stereocenters. The van der Waals surface area contributed by atoms with Gasteiger partial charge in [-0.1, -0.05) is 13.0 Å². The van der Waals surface area contributed by atoms with E-state index in [4.69, 9.17) is 4.74 Å². The van der Waals surface area contributed by atoms with E-state index in [9.17, 15) is 13.6 Å². The number of halogens is 3. The van der Waals surface area contributed by atoms with E-state index in [1.54, 1.807) is 6.07 Å². The van der Waals surface area contributed by atoms with Crippen LogP contribution in [0, 0.1) is 5.82 Å². The van der Waals surface area contributed by atoms with E-state index in [-0.39, 0.29) is 23.7 Å². The molecule has 1 aliphatic carbocycles. The molecular weight excluding hydrogens is 532 g/mol. The van der Waals surface area contributed by atoms with Gasteiger partial charge in [-0.25, -0.2) is 18.7 Å². The number of carbonyl (C=O) groups excluding carboxylic acids is 1. The molecule has 5 rings (SSSR count). The van der Waals surface area contributed by atoms with Crippen molar-refractivity contribution in [2.24, 2.45) is 0 Å². The van der Waals surface area contributed by atoms with Crippen molar-refractivity contribution < 1.29 is 18.3 Å². The van der Waals surface area contributed by atoms with Gasteiger partial charge >= 0.3 is 0 Å². The summed E-state index contributed by atoms with van der Waals surface area (Å²) in [6.45, 7) is 6.13. The maximum atomic E-state index is 14.4. The Hall–Kier alpha value is -2.17. The van der Waals surface area contributed by atoms with Crippen molar-refractivity contribution in [3.05, 3.63) is 51.6 Å². The summed E-state index contributed by atoms with van der Waals surface area (Å²) in [5.74, 6) is -0.0241. The average molecular weight is 564 g/mol. The Labute approximate surface area is 218 Å². The number of carbonyl (C=O) groups is 1. The van der Waals surface area contributed by atoms with Crippen LogP contribution in [0.2, 0.25) is 0 Å². The quantitative estimate of drug-likeness (QED) is 0.570. The molecule has 194 valence electrons. The lowest BCUT2D eigenvalue weighted by molar-refractivity contribution is -0.133. The van der Waals surface area contributed by atoms with Crippen molar-refractivity contribution in [2.45, 2.75) is 50.2 Å². The van der Waals surface area contributed by atoms with Crippen LogP contribution in [-0.2, 0) is 9.53 Å². The van der Waals surface area contributed by atoms with Crippen molar-refractivity contribution in [1.29, 1.82) is 0 Å². The fourth-order valence-electron chi connectivity index (χ4n) is 5.54. The Kier molecular flexibility index (Phi) is 7.83. The Morgan fingerprint density at radius 1 is 1.22 bits per heavy atom. The molecular formula is C26H32BrF2N5O2. The van der Waals surface area contributed by atoms with Gasteiger partial charge in [-0.3, -0.25) is 4.79 Å². The second kappa shape index (κ2) is 11.1. The number of fused-ring (bicyclic) bond motifs is 1. The summed E-state index contributed by atoms with van der Waals surface area (Å²) in [5, 5.41) is 3.52. The van der Waals surface area contributed by atoms with Gasteiger partial charge in [0.2, 0.25) is 5.91 Å². The number of alkyl halides is 1. The molecule has 0 saturated carbocycles. The number of hydrogen-bond donors (Lipinski definition) is 1. The molecule has 3 aliphatic rings. The normalized spacial score (nSPS) is 23.6. The van der Waals surface area contributed by atoms with Crippen molar-refractivity contribution in [3.63, 3.8) is 0 Å². The van der Waals surface area contributed by atoms with Gasteiger partial charge in [0.25, 0.3) is 0 Å². The molecule has 2 aliphatic heterocycles. The first kappa shape index (κ1) is 25.5. The van der Waals surface area contributed by atoms with E-state index < -0.39 is 12.1 Å². The average Bonchev–Trinajstić information content (AvgIpc) is 3.20. The first-order valence-electron chi connectivity index (χ1n) is 12.7. The number of hydrogen-bond acceptors (Lipinski definition) is 6. The Morgan fingerprint density at radius 3 is 2.69 bits per heavy atom. The molecule has 1 aromatic heterocycles. The molecule has 3 heterocycles. The van der Waals surface area contributed by atoms with E-state index in [1.807, 2.05) is 17.9 Å². The molecule has 1 aromatic carbocycles. The fourth-order valence-corrected chi connectivity index (χ4v) is 5.78. The zero-order valence-electron chi connectivity index (χ0n) is 20.4. The first-order chi connectivity index (χ1) is 17.4. The van der Waals surface area contributed by atoms with Crippen LogP contribution < -0.4 is 10.2 Å². The van der Waals surface area contributed by atoms with Crippen LogP contribution in [0.25, 0.3) is 0 Å². The minimum Gasteiger partial charge on any atom is -0.381 e. The zero-order valence-corrected chi connectivity index (χ0v) is 22.0. The maximum Gasteiger partial charge on any atom is 0.231 e. The molecule has 1 N–H and O–H groups in total. The van der Waals surface area contributed by atoms with Gasteiger partial charge in [-0.2, -0.15) is 0 Å². The van der Waals surface area contributed by atoms with E-state index in [0.29, 0.717) is 68.1 Å². The summed E-state index contributed by atoms with van der Waals surface area (Å²) < 4.78 is 34.6. The third kappa shape index (κ3) is 5.26. The summed E-state index contributed by atoms with van der Waals surface area (Å²) in [6, 6.07) is 5.21. The second-order valence-corrected chi connectivity index (χ2v) is 10.8. The molecule has 0 radical (unpaired) electrons. The number of aromatic nitrogens is 2. The Morgan fingerprint density at radius 2 is 1.97 bits per heavy atom. The van der Waals surface area contributed by atoms with Crippen LogP contribution in [-0.4, -0.2) is 72.8 Å². The fraction of sp³-hybridized carbons (Fsp3) is 0.577. The Bertz CT molecular complexity index is 1090. The van der Waals surface area contributed by atoms with Crippen molar-refractivity contribution >= 4 is 27.7 Å². The molecule has 7 nitrogen and oxygen atoms in total. The maximum absolute atomic E-state index is 14.4. The van der Waals surface area contributed by atoms with Gasteiger partial charge in [0, 0.05) is 57.5 Å². The van der Waals surface area contributed by atoms with Crippen LogP contribution in [0.15, 0.2) is 29.0 Å². The highest BCUT2D eigenvalue weighted by Gasteiger charge is 2.36. The molecule has 2 saturated heterocycles. The van der Waals surface area contributed by atoms with E-state index in [2.05, 4.69) is 36.1 Å². The molecule has 3 atom stereocenters. The molecule has 2 aromatic rings. The second-order valence-electron chi connectivity index (χ2n) is 9.93. The Balaban J connectivity index is 1.29. The van der Waals surface area contributed by atoms with Crippen LogP contribution in [0.5, 0.6) is 0 Å². The summed E-state index contributed by atoms with van der Waals surface area (Å²) >= 11 is 3.21. The third-order valence-corrected chi connectivity index (χ3v) is 8.25. The van der Waals surface area contributed by atoms with Crippen molar-refractivity contribution in [3.8, 4) is 0 Å². The number of piperazine rings is 1. The predicted octanol–water partition coefficient (Wildman–Crippen LogP) is 4.10. The molecule has 10 heteroatoms. The lowest BCUT2D eigenvalue weighted by Gasteiger charge is -2.38. The molecule has 0 bridgehead atoms. The zero-order chi connectivity index (χ0) is 25.2. The summed E-state index contributed by atoms with van der Waals surface area (Å²) in [4.78, 5) is 26.4. The van der Waals surface area contributed by atoms with Gasteiger partial charge in [-0.05, 0) is 58.8 Å². The molecule has 36 heavy (non-hydrogen) atoms. The monoisotopic (exact) mass is 563 g/mol. The lowest BCUT2D eigenvalue weighted by Crippen LogP contribution is -2.52. The summed E-state index contributed by atoms with van der Waals surface area (Å²) in [6.07, 6.45) is 2.63. The third-order valence-electron chi connectivity index (χ3n) is 7.61. The molecule has 0 spiro atoms. The van der Waals surface area contributed by atoms with Gasteiger partial charge < -0.3 is 19.9 Å². The highest BCUT2D eigenvalue weighted by Crippen LogP contribution is 2.44. The number of rotatable bonds is 6. The van der Waals surface area contributed by atoms with E-state index in [1.165, 1.54) is 12.4 Å². The predicted molar refractivity (Wildman–Crippen MR) is 136 cm³/mol. The summed E-state index contributed by atoms with van der Waals surface area (Å²) in [5.41, 5.74) is 2.07. The van der Waals surface area contributed by atoms with E-state index >= 15 is 0 Å². The van der Waals surface area contributed by atoms with Gasteiger partial charge in [0.1, 0.15) is 24.1 Å². The van der Waals surface area contributed by atoms with E-state index in [0.717, 1.165) is 24.2 Å². The largest absolute Gasteiger partial charge is 0.381 e. The topological polar surface area (TPSA) is 70.6 Å². The van der Waals surface area contributed by atoms with Crippen molar-refractivity contribution in [1.82, 2.24) is 20.2 Å². The lowest BCUT2D eigenvalue weighted by atomic mass is 9.95. The smallest absolute Gasteiger partial charge is 0.231 e. The minimum absolute atomic E-state index is 0.0129. The highest BCUT2D eigenvalue weighted by atomic mass is 79.9.